The molecular formula is C15H18ClNO3. The maximum absolute atomic E-state index is 10.8. The maximum Gasteiger partial charge on any atom is 0.331 e. The number of rotatable bonds is 3. The van der Waals surface area contributed by atoms with Gasteiger partial charge in [0.15, 0.2) is 0 Å². The Morgan fingerprint density at radius 2 is 1.85 bits per heavy atom. The van der Waals surface area contributed by atoms with E-state index in [1.807, 2.05) is 24.3 Å². The summed E-state index contributed by atoms with van der Waals surface area (Å²) in [5.41, 5.74) is 1.72. The molecule has 1 fully saturated rings. The van der Waals surface area contributed by atoms with E-state index in [2.05, 4.69) is 5.16 Å². The highest BCUT2D eigenvalue weighted by Gasteiger charge is 2.35. The fourth-order valence-electron chi connectivity index (χ4n) is 2.53. The number of carbonyl (C=O) groups is 1. The highest BCUT2D eigenvalue weighted by molar-refractivity contribution is 6.30. The van der Waals surface area contributed by atoms with Crippen molar-refractivity contribution in [2.45, 2.75) is 38.2 Å². The Kier molecular flexibility index (Phi) is 4.78. The first-order valence-electron chi connectivity index (χ1n) is 6.60. The molecule has 0 heterocycles. The molecule has 0 saturated heterocycles. The lowest BCUT2D eigenvalue weighted by Gasteiger charge is -2.36. The molecule has 0 unspecified atom stereocenters. The molecule has 0 spiro atoms. The minimum Gasteiger partial charge on any atom is -0.374 e. The van der Waals surface area contributed by atoms with E-state index in [9.17, 15) is 4.79 Å². The standard InChI is InChI=1S/C15H18ClNO3/c1-11(18)20-17-14-7-9-15(19-2,10-8-14)12-3-5-13(16)6-4-12/h3-6H,7-10H2,1-2H3. The van der Waals surface area contributed by atoms with Crippen LogP contribution in [0.15, 0.2) is 29.4 Å². The van der Waals surface area contributed by atoms with Gasteiger partial charge in [0.25, 0.3) is 0 Å². The number of benzene rings is 1. The largest absolute Gasteiger partial charge is 0.374 e. The van der Waals surface area contributed by atoms with Crippen LogP contribution >= 0.6 is 11.6 Å². The molecule has 0 amide bonds. The molecule has 0 aromatic heterocycles. The summed E-state index contributed by atoms with van der Waals surface area (Å²) in [5, 5.41) is 4.60. The van der Waals surface area contributed by atoms with Crippen molar-refractivity contribution in [1.29, 1.82) is 0 Å². The van der Waals surface area contributed by atoms with Gasteiger partial charge >= 0.3 is 5.97 Å². The molecule has 0 N–H and O–H groups in total. The molecule has 20 heavy (non-hydrogen) atoms. The number of hydrogen-bond acceptors (Lipinski definition) is 4. The molecule has 1 aliphatic rings. The van der Waals surface area contributed by atoms with Gasteiger partial charge in [-0.25, -0.2) is 4.79 Å². The van der Waals surface area contributed by atoms with Gasteiger partial charge in [-0.2, -0.15) is 0 Å². The van der Waals surface area contributed by atoms with Gasteiger partial charge in [-0.15, -0.1) is 0 Å². The third-order valence-corrected chi connectivity index (χ3v) is 3.95. The number of hydrogen-bond donors (Lipinski definition) is 0. The molecule has 1 aromatic carbocycles. The first kappa shape index (κ1) is 15.0. The first-order chi connectivity index (χ1) is 9.55. The number of methoxy groups -OCH3 is 1. The Balaban J connectivity index is 2.10. The fourth-order valence-corrected chi connectivity index (χ4v) is 2.65. The summed E-state index contributed by atoms with van der Waals surface area (Å²) < 4.78 is 5.77. The number of halogens is 1. The Hall–Kier alpha value is -1.39. The Bertz CT molecular complexity index is 500. The smallest absolute Gasteiger partial charge is 0.331 e. The van der Waals surface area contributed by atoms with Crippen molar-refractivity contribution in [3.05, 3.63) is 34.9 Å². The van der Waals surface area contributed by atoms with Crippen LogP contribution in [0.4, 0.5) is 0 Å². The van der Waals surface area contributed by atoms with Crippen LogP contribution in [0.3, 0.4) is 0 Å². The molecular weight excluding hydrogens is 278 g/mol. The zero-order valence-electron chi connectivity index (χ0n) is 11.7. The molecule has 4 nitrogen and oxygen atoms in total. The number of ether oxygens (including phenoxy) is 1. The van der Waals surface area contributed by atoms with Gasteiger partial charge in [0, 0.05) is 19.1 Å². The lowest BCUT2D eigenvalue weighted by Crippen LogP contribution is -2.34. The molecule has 2 rings (SSSR count). The summed E-state index contributed by atoms with van der Waals surface area (Å²) in [5.74, 6) is -0.390. The van der Waals surface area contributed by atoms with E-state index in [0.29, 0.717) is 5.02 Å². The normalized spacial score (nSPS) is 22.4. The first-order valence-corrected chi connectivity index (χ1v) is 6.98. The number of carbonyl (C=O) groups excluding carboxylic acids is 1. The SMILES string of the molecule is COC1(c2ccc(Cl)cc2)CCC(=NOC(C)=O)CC1. The van der Waals surface area contributed by atoms with E-state index in [1.165, 1.54) is 6.92 Å². The third kappa shape index (κ3) is 3.38. The summed E-state index contributed by atoms with van der Waals surface area (Å²) in [6.07, 6.45) is 3.13. The second kappa shape index (κ2) is 6.37. The molecule has 0 atom stereocenters. The van der Waals surface area contributed by atoms with Crippen molar-refractivity contribution < 1.29 is 14.4 Å². The van der Waals surface area contributed by atoms with Crippen LogP contribution in [0.5, 0.6) is 0 Å². The molecule has 0 aliphatic heterocycles. The lowest BCUT2D eigenvalue weighted by atomic mass is 9.78. The molecule has 1 aliphatic carbocycles. The van der Waals surface area contributed by atoms with Crippen LogP contribution < -0.4 is 0 Å². The summed E-state index contributed by atoms with van der Waals surface area (Å²) in [4.78, 5) is 15.5. The van der Waals surface area contributed by atoms with Crippen molar-refractivity contribution in [3.63, 3.8) is 0 Å². The zero-order chi connectivity index (χ0) is 14.6. The molecule has 1 aromatic rings. The van der Waals surface area contributed by atoms with Crippen LogP contribution in [-0.2, 0) is 20.0 Å². The van der Waals surface area contributed by atoms with E-state index < -0.39 is 5.97 Å². The molecule has 1 saturated carbocycles. The van der Waals surface area contributed by atoms with E-state index in [0.717, 1.165) is 37.0 Å². The van der Waals surface area contributed by atoms with Gasteiger partial charge < -0.3 is 9.57 Å². The van der Waals surface area contributed by atoms with E-state index in [-0.39, 0.29) is 5.60 Å². The number of oxime groups is 1. The average Bonchev–Trinajstić information content (AvgIpc) is 2.46. The Morgan fingerprint density at radius 1 is 1.25 bits per heavy atom. The average molecular weight is 296 g/mol. The van der Waals surface area contributed by atoms with E-state index in [1.54, 1.807) is 7.11 Å². The summed E-state index contributed by atoms with van der Waals surface area (Å²) in [6.45, 7) is 1.35. The van der Waals surface area contributed by atoms with Crippen LogP contribution in [0, 0.1) is 0 Å². The minimum absolute atomic E-state index is 0.306. The van der Waals surface area contributed by atoms with Crippen LogP contribution in [0.1, 0.15) is 38.2 Å². The van der Waals surface area contributed by atoms with Crippen molar-refractivity contribution in [1.82, 2.24) is 0 Å². The highest BCUT2D eigenvalue weighted by Crippen LogP contribution is 2.39. The van der Waals surface area contributed by atoms with Gasteiger partial charge in [0.1, 0.15) is 0 Å². The molecule has 0 radical (unpaired) electrons. The zero-order valence-corrected chi connectivity index (χ0v) is 12.4. The van der Waals surface area contributed by atoms with Crippen molar-refractivity contribution in [3.8, 4) is 0 Å². The van der Waals surface area contributed by atoms with Gasteiger partial charge in [0.2, 0.25) is 0 Å². The topological polar surface area (TPSA) is 47.9 Å². The van der Waals surface area contributed by atoms with Gasteiger partial charge in [-0.1, -0.05) is 28.9 Å². The van der Waals surface area contributed by atoms with Crippen molar-refractivity contribution in [2.75, 3.05) is 7.11 Å². The summed E-state index contributed by atoms with van der Waals surface area (Å²) >= 11 is 5.92. The van der Waals surface area contributed by atoms with Crippen LogP contribution in [0.25, 0.3) is 0 Å². The fraction of sp³-hybridized carbons (Fsp3) is 0.467. The van der Waals surface area contributed by atoms with Crippen LogP contribution in [-0.4, -0.2) is 18.8 Å². The van der Waals surface area contributed by atoms with Gasteiger partial charge in [-0.05, 0) is 43.4 Å². The predicted molar refractivity (Wildman–Crippen MR) is 77.8 cm³/mol. The summed E-state index contributed by atoms with van der Waals surface area (Å²) in [6, 6.07) is 7.75. The number of nitrogens with zero attached hydrogens (tertiary/aromatic N) is 1. The van der Waals surface area contributed by atoms with Crippen molar-refractivity contribution >= 4 is 23.3 Å². The van der Waals surface area contributed by atoms with Crippen molar-refractivity contribution in [2.24, 2.45) is 5.16 Å². The maximum atomic E-state index is 10.8. The summed E-state index contributed by atoms with van der Waals surface area (Å²) in [7, 11) is 1.73. The third-order valence-electron chi connectivity index (χ3n) is 3.70. The highest BCUT2D eigenvalue weighted by atomic mass is 35.5. The Labute approximate surface area is 123 Å². The second-order valence-electron chi connectivity index (χ2n) is 4.95. The Morgan fingerprint density at radius 3 is 2.35 bits per heavy atom. The molecule has 108 valence electrons. The minimum atomic E-state index is -0.390. The van der Waals surface area contributed by atoms with Gasteiger partial charge in [0.05, 0.1) is 11.3 Å². The van der Waals surface area contributed by atoms with Gasteiger partial charge in [-0.3, -0.25) is 0 Å². The quantitative estimate of drug-likeness (QED) is 0.631. The molecule has 0 bridgehead atoms. The molecule has 5 heteroatoms. The van der Waals surface area contributed by atoms with E-state index >= 15 is 0 Å². The lowest BCUT2D eigenvalue weighted by molar-refractivity contribution is -0.141. The second-order valence-corrected chi connectivity index (χ2v) is 5.38. The predicted octanol–water partition coefficient (Wildman–Crippen LogP) is 3.67. The van der Waals surface area contributed by atoms with E-state index in [4.69, 9.17) is 21.2 Å². The van der Waals surface area contributed by atoms with Crippen LogP contribution in [0.2, 0.25) is 5.02 Å². The monoisotopic (exact) mass is 295 g/mol.